The Labute approximate surface area is 195 Å². The van der Waals surface area contributed by atoms with Crippen LogP contribution in [0.3, 0.4) is 0 Å². The van der Waals surface area contributed by atoms with Gasteiger partial charge >= 0.3 is 0 Å². The third kappa shape index (κ3) is 3.74. The lowest BCUT2D eigenvalue weighted by molar-refractivity contribution is -0.132. The monoisotopic (exact) mass is 467 g/mol. The van der Waals surface area contributed by atoms with Crippen molar-refractivity contribution in [2.45, 2.75) is 19.9 Å². The minimum Gasteiger partial charge on any atom is -0.507 e. The number of halogens is 2. The van der Waals surface area contributed by atoms with Crippen LogP contribution in [0.2, 0.25) is 10.0 Å². The molecule has 1 unspecified atom stereocenters. The molecule has 162 valence electrons. The first-order valence-electron chi connectivity index (χ1n) is 9.81. The van der Waals surface area contributed by atoms with Gasteiger partial charge in [0.15, 0.2) is 0 Å². The molecule has 32 heavy (non-hydrogen) atoms. The molecule has 3 aromatic rings. The molecule has 1 atom stereocenters. The lowest BCUT2D eigenvalue weighted by Crippen LogP contribution is -2.29. The maximum Gasteiger partial charge on any atom is 0.300 e. The van der Waals surface area contributed by atoms with Gasteiger partial charge in [-0.05, 0) is 66.9 Å². The largest absolute Gasteiger partial charge is 0.507 e. The van der Waals surface area contributed by atoms with Gasteiger partial charge in [-0.25, -0.2) is 0 Å². The molecule has 2 N–H and O–H groups in total. The Morgan fingerprint density at radius 1 is 0.938 bits per heavy atom. The maximum atomic E-state index is 13.2. The number of anilines is 1. The van der Waals surface area contributed by atoms with E-state index in [1.54, 1.807) is 30.3 Å². The molecule has 0 saturated carbocycles. The SMILES string of the molecule is Cc1ccc(N2C(=O)C(=O)/C(=C(/O)c3cccc(Cl)c3)C2c2ccc(O)c(Cl)c2)cc1C. The van der Waals surface area contributed by atoms with Gasteiger partial charge in [-0.2, -0.15) is 0 Å². The Kier molecular flexibility index (Phi) is 5.71. The topological polar surface area (TPSA) is 77.8 Å². The number of phenols is 1. The van der Waals surface area contributed by atoms with Crippen molar-refractivity contribution in [1.29, 1.82) is 0 Å². The molecule has 0 aromatic heterocycles. The second-order valence-electron chi connectivity index (χ2n) is 7.66. The number of rotatable bonds is 3. The molecule has 0 spiro atoms. The molecule has 5 nitrogen and oxygen atoms in total. The number of carbonyl (C=O) groups excluding carboxylic acids is 2. The summed E-state index contributed by atoms with van der Waals surface area (Å²) in [5.41, 5.74) is 3.18. The highest BCUT2D eigenvalue weighted by molar-refractivity contribution is 6.51. The molecule has 1 fully saturated rings. The standard InChI is InChI=1S/C25H19Cl2NO4/c1-13-6-8-18(10-14(13)2)28-22(15-7-9-20(29)19(27)12-15)21(24(31)25(28)32)23(30)16-4-3-5-17(26)11-16/h3-12,22,29-30H,1-2H3/b23-21+. The minimum absolute atomic E-state index is 0.0657. The van der Waals surface area contributed by atoms with E-state index in [9.17, 15) is 19.8 Å². The van der Waals surface area contributed by atoms with Crippen LogP contribution in [0.1, 0.15) is 28.3 Å². The van der Waals surface area contributed by atoms with Crippen molar-refractivity contribution >= 4 is 46.3 Å². The number of Topliss-reactive ketones (excluding diaryl/α,β-unsaturated/α-hetero) is 1. The number of nitrogens with zero attached hydrogens (tertiary/aromatic N) is 1. The average molecular weight is 468 g/mol. The third-order valence-corrected chi connectivity index (χ3v) is 6.14. The van der Waals surface area contributed by atoms with Gasteiger partial charge < -0.3 is 10.2 Å². The van der Waals surface area contributed by atoms with E-state index in [0.29, 0.717) is 21.8 Å². The second-order valence-corrected chi connectivity index (χ2v) is 8.50. The molecule has 1 saturated heterocycles. The number of aliphatic hydroxyl groups excluding tert-OH is 1. The summed E-state index contributed by atoms with van der Waals surface area (Å²) in [6.07, 6.45) is 0. The normalized spacial score (nSPS) is 17.8. The van der Waals surface area contributed by atoms with Gasteiger partial charge in [0, 0.05) is 16.3 Å². The third-order valence-electron chi connectivity index (χ3n) is 5.60. The van der Waals surface area contributed by atoms with E-state index in [0.717, 1.165) is 11.1 Å². The molecule has 1 aliphatic heterocycles. The van der Waals surface area contributed by atoms with Crippen molar-refractivity contribution in [3.63, 3.8) is 0 Å². The summed E-state index contributed by atoms with van der Waals surface area (Å²) < 4.78 is 0. The van der Waals surface area contributed by atoms with Gasteiger partial charge in [0.2, 0.25) is 0 Å². The number of aromatic hydroxyl groups is 1. The van der Waals surface area contributed by atoms with Crippen LogP contribution in [-0.4, -0.2) is 21.9 Å². The Bertz CT molecular complexity index is 1300. The Morgan fingerprint density at radius 2 is 1.69 bits per heavy atom. The lowest BCUT2D eigenvalue weighted by atomic mass is 9.95. The number of phenolic OH excluding ortho intramolecular Hbond substituents is 1. The predicted octanol–water partition coefficient (Wildman–Crippen LogP) is 5.94. The molecule has 0 radical (unpaired) electrons. The number of aryl methyl sites for hydroxylation is 2. The fourth-order valence-corrected chi connectivity index (χ4v) is 4.15. The molecule has 4 rings (SSSR count). The summed E-state index contributed by atoms with van der Waals surface area (Å²) in [5, 5.41) is 21.4. The fourth-order valence-electron chi connectivity index (χ4n) is 3.77. The fraction of sp³-hybridized carbons (Fsp3) is 0.120. The number of ketones is 1. The van der Waals surface area contributed by atoms with E-state index in [2.05, 4.69) is 0 Å². The van der Waals surface area contributed by atoms with Crippen LogP contribution < -0.4 is 4.90 Å². The maximum absolute atomic E-state index is 13.2. The molecular formula is C25H19Cl2NO4. The van der Waals surface area contributed by atoms with Crippen molar-refractivity contribution in [1.82, 2.24) is 0 Å². The van der Waals surface area contributed by atoms with E-state index in [1.807, 2.05) is 26.0 Å². The summed E-state index contributed by atoms with van der Waals surface area (Å²) in [6.45, 7) is 3.86. The van der Waals surface area contributed by atoms with Gasteiger partial charge in [-0.1, -0.05) is 47.5 Å². The zero-order valence-electron chi connectivity index (χ0n) is 17.3. The van der Waals surface area contributed by atoms with Gasteiger partial charge in [-0.15, -0.1) is 0 Å². The van der Waals surface area contributed by atoms with Crippen LogP contribution in [-0.2, 0) is 9.59 Å². The predicted molar refractivity (Wildman–Crippen MR) is 125 cm³/mol. The zero-order chi connectivity index (χ0) is 23.2. The quantitative estimate of drug-likeness (QED) is 0.283. The van der Waals surface area contributed by atoms with E-state index in [-0.39, 0.29) is 22.1 Å². The van der Waals surface area contributed by atoms with E-state index in [4.69, 9.17) is 23.2 Å². The van der Waals surface area contributed by atoms with Crippen molar-refractivity contribution in [3.8, 4) is 5.75 Å². The molecule has 7 heteroatoms. The van der Waals surface area contributed by atoms with Gasteiger partial charge in [-0.3, -0.25) is 14.5 Å². The first-order chi connectivity index (χ1) is 15.2. The molecule has 0 bridgehead atoms. The summed E-state index contributed by atoms with van der Waals surface area (Å²) in [4.78, 5) is 27.7. The van der Waals surface area contributed by atoms with Crippen molar-refractivity contribution in [2.24, 2.45) is 0 Å². The highest BCUT2D eigenvalue weighted by Crippen LogP contribution is 2.43. The zero-order valence-corrected chi connectivity index (χ0v) is 18.8. The highest BCUT2D eigenvalue weighted by atomic mass is 35.5. The van der Waals surface area contributed by atoms with Gasteiger partial charge in [0.25, 0.3) is 11.7 Å². The number of amides is 1. The molecule has 1 heterocycles. The minimum atomic E-state index is -0.950. The summed E-state index contributed by atoms with van der Waals surface area (Å²) in [7, 11) is 0. The molecule has 0 aliphatic carbocycles. The number of hydrogen-bond acceptors (Lipinski definition) is 4. The van der Waals surface area contributed by atoms with Crippen LogP contribution in [0.25, 0.3) is 5.76 Å². The van der Waals surface area contributed by atoms with Crippen LogP contribution in [0.15, 0.2) is 66.2 Å². The van der Waals surface area contributed by atoms with Crippen molar-refractivity contribution in [2.75, 3.05) is 4.90 Å². The molecule has 1 aliphatic rings. The summed E-state index contributed by atoms with van der Waals surface area (Å²) in [5.74, 6) is -2.07. The second kappa shape index (κ2) is 8.34. The Morgan fingerprint density at radius 3 is 2.34 bits per heavy atom. The van der Waals surface area contributed by atoms with Crippen LogP contribution >= 0.6 is 23.2 Å². The van der Waals surface area contributed by atoms with Crippen LogP contribution in [0.5, 0.6) is 5.75 Å². The average Bonchev–Trinajstić information content (AvgIpc) is 3.02. The first-order valence-corrected chi connectivity index (χ1v) is 10.6. The van der Waals surface area contributed by atoms with Gasteiger partial charge in [0.1, 0.15) is 11.5 Å². The van der Waals surface area contributed by atoms with Gasteiger partial charge in [0.05, 0.1) is 16.6 Å². The van der Waals surface area contributed by atoms with Crippen molar-refractivity contribution in [3.05, 3.63) is 98.5 Å². The van der Waals surface area contributed by atoms with E-state index >= 15 is 0 Å². The van der Waals surface area contributed by atoms with Crippen LogP contribution in [0, 0.1) is 13.8 Å². The van der Waals surface area contributed by atoms with Crippen molar-refractivity contribution < 1.29 is 19.8 Å². The Balaban J connectivity index is 1.98. The van der Waals surface area contributed by atoms with E-state index < -0.39 is 17.7 Å². The number of hydrogen-bond donors (Lipinski definition) is 2. The molecular weight excluding hydrogens is 449 g/mol. The molecule has 1 amide bonds. The number of carbonyl (C=O) groups is 2. The smallest absolute Gasteiger partial charge is 0.300 e. The Hall–Kier alpha value is -3.28. The molecule has 3 aromatic carbocycles. The number of benzene rings is 3. The van der Waals surface area contributed by atoms with Crippen LogP contribution in [0.4, 0.5) is 5.69 Å². The van der Waals surface area contributed by atoms with E-state index in [1.165, 1.54) is 23.1 Å². The highest BCUT2D eigenvalue weighted by Gasteiger charge is 2.47. The summed E-state index contributed by atoms with van der Waals surface area (Å²) >= 11 is 12.2. The lowest BCUT2D eigenvalue weighted by Gasteiger charge is -2.26. The number of aliphatic hydroxyl groups is 1. The first kappa shape index (κ1) is 21.9. The summed E-state index contributed by atoms with van der Waals surface area (Å²) in [6, 6.07) is 15.3.